The molecular formula is C14H24BrNO. The molecule has 2 nitrogen and oxygen atoms in total. The summed E-state index contributed by atoms with van der Waals surface area (Å²) in [7, 11) is 0. The van der Waals surface area contributed by atoms with Gasteiger partial charge >= 0.3 is 0 Å². The fraction of sp³-hybridized carbons (Fsp3) is 0.929. The average molecular weight is 302 g/mol. The SMILES string of the molecule is CC1(C(=O)N2CCCCC2CCBr)CCCC1. The summed E-state index contributed by atoms with van der Waals surface area (Å²) in [5.41, 5.74) is -0.0398. The Hall–Kier alpha value is -0.0500. The number of hydrogen-bond donors (Lipinski definition) is 0. The van der Waals surface area contributed by atoms with E-state index in [0.717, 1.165) is 31.1 Å². The van der Waals surface area contributed by atoms with Crippen molar-refractivity contribution in [2.45, 2.75) is 64.3 Å². The van der Waals surface area contributed by atoms with Crippen molar-refractivity contribution in [1.29, 1.82) is 0 Å². The van der Waals surface area contributed by atoms with Crippen LogP contribution >= 0.6 is 15.9 Å². The molecule has 0 bridgehead atoms. The van der Waals surface area contributed by atoms with E-state index in [1.54, 1.807) is 0 Å². The second-order valence-electron chi connectivity index (χ2n) is 5.89. The fourth-order valence-electron chi connectivity index (χ4n) is 3.41. The van der Waals surface area contributed by atoms with Crippen molar-refractivity contribution in [1.82, 2.24) is 4.90 Å². The van der Waals surface area contributed by atoms with Crippen molar-refractivity contribution >= 4 is 21.8 Å². The van der Waals surface area contributed by atoms with Crippen LogP contribution in [-0.2, 0) is 4.79 Å². The van der Waals surface area contributed by atoms with Crippen LogP contribution in [-0.4, -0.2) is 28.7 Å². The van der Waals surface area contributed by atoms with Gasteiger partial charge in [-0.15, -0.1) is 0 Å². The lowest BCUT2D eigenvalue weighted by atomic mass is 9.85. The standard InChI is InChI=1S/C14H24BrNO/c1-14(8-3-4-9-14)13(17)16-11-5-2-6-12(16)7-10-15/h12H,2-11H2,1H3. The molecule has 1 saturated carbocycles. The summed E-state index contributed by atoms with van der Waals surface area (Å²) < 4.78 is 0. The molecule has 0 radical (unpaired) electrons. The van der Waals surface area contributed by atoms with Gasteiger partial charge in [0.1, 0.15) is 0 Å². The number of piperidine rings is 1. The lowest BCUT2D eigenvalue weighted by Crippen LogP contribution is -2.49. The minimum Gasteiger partial charge on any atom is -0.339 e. The van der Waals surface area contributed by atoms with E-state index in [1.165, 1.54) is 32.1 Å². The van der Waals surface area contributed by atoms with Gasteiger partial charge in [0.25, 0.3) is 0 Å². The first-order valence-electron chi connectivity index (χ1n) is 7.04. The van der Waals surface area contributed by atoms with Gasteiger partial charge in [0.2, 0.25) is 5.91 Å². The first-order valence-corrected chi connectivity index (χ1v) is 8.16. The minimum atomic E-state index is -0.0398. The van der Waals surface area contributed by atoms with E-state index < -0.39 is 0 Å². The molecular weight excluding hydrogens is 278 g/mol. The Bertz CT molecular complexity index is 271. The van der Waals surface area contributed by atoms with Gasteiger partial charge in [-0.3, -0.25) is 4.79 Å². The number of likely N-dealkylation sites (tertiary alicyclic amines) is 1. The van der Waals surface area contributed by atoms with Crippen molar-refractivity contribution < 1.29 is 4.79 Å². The van der Waals surface area contributed by atoms with Gasteiger partial charge in [0.05, 0.1) is 0 Å². The van der Waals surface area contributed by atoms with Gasteiger partial charge in [0, 0.05) is 23.3 Å². The molecule has 98 valence electrons. The fourth-order valence-corrected chi connectivity index (χ4v) is 3.94. The van der Waals surface area contributed by atoms with E-state index in [4.69, 9.17) is 0 Å². The third-order valence-corrected chi connectivity index (χ3v) is 5.01. The van der Waals surface area contributed by atoms with E-state index >= 15 is 0 Å². The Morgan fingerprint density at radius 2 is 2.00 bits per heavy atom. The number of hydrogen-bond acceptors (Lipinski definition) is 1. The minimum absolute atomic E-state index is 0.0398. The topological polar surface area (TPSA) is 20.3 Å². The highest BCUT2D eigenvalue weighted by Gasteiger charge is 2.41. The van der Waals surface area contributed by atoms with Crippen LogP contribution in [0.3, 0.4) is 0 Å². The average Bonchev–Trinajstić information content (AvgIpc) is 2.78. The van der Waals surface area contributed by atoms with E-state index in [1.807, 2.05) is 0 Å². The highest BCUT2D eigenvalue weighted by atomic mass is 79.9. The van der Waals surface area contributed by atoms with Crippen LogP contribution in [0.2, 0.25) is 0 Å². The molecule has 0 N–H and O–H groups in total. The largest absolute Gasteiger partial charge is 0.339 e. The Labute approximate surface area is 113 Å². The molecule has 1 saturated heterocycles. The van der Waals surface area contributed by atoms with Crippen molar-refractivity contribution in [3.05, 3.63) is 0 Å². The Morgan fingerprint density at radius 1 is 1.29 bits per heavy atom. The zero-order valence-corrected chi connectivity index (χ0v) is 12.5. The smallest absolute Gasteiger partial charge is 0.228 e. The van der Waals surface area contributed by atoms with E-state index in [-0.39, 0.29) is 5.41 Å². The Balaban J connectivity index is 2.05. The molecule has 1 atom stereocenters. The van der Waals surface area contributed by atoms with Crippen molar-refractivity contribution in [2.24, 2.45) is 5.41 Å². The molecule has 2 aliphatic rings. The summed E-state index contributed by atoms with van der Waals surface area (Å²) in [4.78, 5) is 14.9. The normalized spacial score (nSPS) is 28.4. The van der Waals surface area contributed by atoms with Gasteiger partial charge in [-0.05, 0) is 38.5 Å². The predicted molar refractivity (Wildman–Crippen MR) is 74.3 cm³/mol. The molecule has 0 aromatic heterocycles. The molecule has 0 aromatic carbocycles. The number of amides is 1. The van der Waals surface area contributed by atoms with Crippen LogP contribution in [0.25, 0.3) is 0 Å². The highest BCUT2D eigenvalue weighted by molar-refractivity contribution is 9.09. The van der Waals surface area contributed by atoms with Gasteiger partial charge in [-0.2, -0.15) is 0 Å². The highest BCUT2D eigenvalue weighted by Crippen LogP contribution is 2.40. The molecule has 2 rings (SSSR count). The monoisotopic (exact) mass is 301 g/mol. The summed E-state index contributed by atoms with van der Waals surface area (Å²) in [6, 6.07) is 0.494. The maximum Gasteiger partial charge on any atom is 0.228 e. The molecule has 2 fully saturated rings. The molecule has 17 heavy (non-hydrogen) atoms. The number of carbonyl (C=O) groups excluding carboxylic acids is 1. The summed E-state index contributed by atoms with van der Waals surface area (Å²) in [5.74, 6) is 0.445. The number of halogens is 1. The van der Waals surface area contributed by atoms with Crippen LogP contribution in [0.15, 0.2) is 0 Å². The summed E-state index contributed by atoms with van der Waals surface area (Å²) in [6.07, 6.45) is 9.47. The maximum atomic E-state index is 12.7. The second-order valence-corrected chi connectivity index (χ2v) is 6.69. The number of alkyl halides is 1. The molecule has 1 amide bonds. The molecule has 0 spiro atoms. The van der Waals surface area contributed by atoms with Crippen LogP contribution in [0.1, 0.15) is 58.3 Å². The van der Waals surface area contributed by atoms with Crippen LogP contribution in [0, 0.1) is 5.41 Å². The lowest BCUT2D eigenvalue weighted by Gasteiger charge is -2.40. The van der Waals surface area contributed by atoms with Gasteiger partial charge in [0.15, 0.2) is 0 Å². The molecule has 1 aliphatic heterocycles. The zero-order valence-electron chi connectivity index (χ0n) is 10.9. The molecule has 1 aliphatic carbocycles. The van der Waals surface area contributed by atoms with Gasteiger partial charge in [-0.25, -0.2) is 0 Å². The zero-order chi connectivity index (χ0) is 12.3. The number of rotatable bonds is 3. The molecule has 0 aromatic rings. The lowest BCUT2D eigenvalue weighted by molar-refractivity contribution is -0.144. The number of nitrogens with zero attached hydrogens (tertiary/aromatic N) is 1. The summed E-state index contributed by atoms with van der Waals surface area (Å²) in [5, 5.41) is 1.01. The summed E-state index contributed by atoms with van der Waals surface area (Å²) in [6.45, 7) is 3.17. The maximum absolute atomic E-state index is 12.7. The van der Waals surface area contributed by atoms with Crippen LogP contribution in [0.5, 0.6) is 0 Å². The van der Waals surface area contributed by atoms with Crippen molar-refractivity contribution in [3.63, 3.8) is 0 Å². The first-order chi connectivity index (χ1) is 8.17. The predicted octanol–water partition coefficient (Wildman–Crippen LogP) is 3.73. The first kappa shape index (κ1) is 13.4. The van der Waals surface area contributed by atoms with Gasteiger partial charge < -0.3 is 4.90 Å². The quantitative estimate of drug-likeness (QED) is 0.727. The third-order valence-electron chi connectivity index (χ3n) is 4.55. The van der Waals surface area contributed by atoms with Crippen molar-refractivity contribution in [2.75, 3.05) is 11.9 Å². The molecule has 1 unspecified atom stereocenters. The van der Waals surface area contributed by atoms with Crippen LogP contribution < -0.4 is 0 Å². The van der Waals surface area contributed by atoms with Crippen molar-refractivity contribution in [3.8, 4) is 0 Å². The van der Waals surface area contributed by atoms with E-state index in [0.29, 0.717) is 11.9 Å². The molecule has 3 heteroatoms. The van der Waals surface area contributed by atoms with Crippen LogP contribution in [0.4, 0.5) is 0 Å². The van der Waals surface area contributed by atoms with Gasteiger partial charge in [-0.1, -0.05) is 35.7 Å². The Morgan fingerprint density at radius 3 is 2.65 bits per heavy atom. The second kappa shape index (κ2) is 5.73. The van der Waals surface area contributed by atoms with E-state index in [2.05, 4.69) is 27.8 Å². The number of carbonyl (C=O) groups is 1. The Kier molecular flexibility index (Phi) is 4.51. The van der Waals surface area contributed by atoms with E-state index in [9.17, 15) is 4.79 Å². The third kappa shape index (κ3) is 2.86. The summed E-state index contributed by atoms with van der Waals surface area (Å²) >= 11 is 3.52. The molecule has 1 heterocycles.